The van der Waals surface area contributed by atoms with Gasteiger partial charge in [0.05, 0.1) is 71.9 Å². The Hall–Kier alpha value is -17.8. The van der Waals surface area contributed by atoms with Crippen molar-refractivity contribution >= 4 is 185 Å². The van der Waals surface area contributed by atoms with Gasteiger partial charge in [0.15, 0.2) is 0 Å². The molecule has 624 valence electrons. The van der Waals surface area contributed by atoms with Gasteiger partial charge in [0, 0.05) is 115 Å². The van der Waals surface area contributed by atoms with Crippen LogP contribution < -0.4 is 0 Å². The normalized spacial score (nSPS) is 11.9. The maximum Gasteiger partial charge on any atom is 0.0619 e. The van der Waals surface area contributed by atoms with Crippen molar-refractivity contribution in [1.29, 1.82) is 0 Å². The van der Waals surface area contributed by atoms with Crippen molar-refractivity contribution in [1.82, 2.24) is 27.4 Å². The van der Waals surface area contributed by atoms with E-state index in [1.54, 1.807) is 0 Å². The number of para-hydroxylation sites is 11. The smallest absolute Gasteiger partial charge is 0.0619 e. The zero-order chi connectivity index (χ0) is 88.0. The monoisotopic (exact) mass is 1700 g/mol. The largest absolute Gasteiger partial charge is 0.309 e. The van der Waals surface area contributed by atoms with Crippen LogP contribution in [0, 0.1) is 0 Å². The Balaban J connectivity index is 0.000000102. The van der Waals surface area contributed by atoms with Gasteiger partial charge in [-0.1, -0.05) is 376 Å². The first-order valence-electron chi connectivity index (χ1n) is 46.2. The summed E-state index contributed by atoms with van der Waals surface area (Å²) in [7, 11) is 0. The van der Waals surface area contributed by atoms with E-state index in [-0.39, 0.29) is 0 Å². The van der Waals surface area contributed by atoms with Crippen molar-refractivity contribution in [3.63, 3.8) is 0 Å². The molecular weight excluding hydrogens is 1620 g/mol. The van der Waals surface area contributed by atoms with E-state index < -0.39 is 0 Å². The van der Waals surface area contributed by atoms with Gasteiger partial charge < -0.3 is 27.4 Å². The summed E-state index contributed by atoms with van der Waals surface area (Å²) in [6.45, 7) is 0. The highest BCUT2D eigenvalue weighted by Crippen LogP contribution is 2.48. The van der Waals surface area contributed by atoms with Crippen molar-refractivity contribution in [2.24, 2.45) is 0 Å². The fraction of sp³-hybridized carbons (Fsp3) is 0. The summed E-state index contributed by atoms with van der Waals surface area (Å²) in [6, 6.07) is 181. The second-order valence-electron chi connectivity index (χ2n) is 35.3. The van der Waals surface area contributed by atoms with E-state index >= 15 is 0 Å². The number of fused-ring (bicyclic) bond motifs is 24. The molecule has 23 aromatic carbocycles. The van der Waals surface area contributed by atoms with E-state index in [9.17, 15) is 0 Å². The zero-order valence-electron chi connectivity index (χ0n) is 73.0. The molecule has 134 heavy (non-hydrogen) atoms. The van der Waals surface area contributed by atoms with Crippen LogP contribution in [-0.4, -0.2) is 27.4 Å². The highest BCUT2D eigenvalue weighted by molar-refractivity contribution is 6.22. The fourth-order valence-corrected chi connectivity index (χ4v) is 22.1. The molecule has 0 atom stereocenters. The highest BCUT2D eigenvalue weighted by atomic mass is 15.0. The molecule has 0 fully saturated rings. The second-order valence-corrected chi connectivity index (χ2v) is 35.3. The lowest BCUT2D eigenvalue weighted by Crippen LogP contribution is -1.98. The number of benzene rings is 23. The lowest BCUT2D eigenvalue weighted by atomic mass is 9.99. The van der Waals surface area contributed by atoms with Gasteiger partial charge in [-0.3, -0.25) is 0 Å². The van der Waals surface area contributed by atoms with Crippen molar-refractivity contribution in [2.75, 3.05) is 0 Å². The molecule has 6 heteroatoms. The van der Waals surface area contributed by atoms with Crippen LogP contribution in [0.15, 0.2) is 497 Å². The molecule has 29 rings (SSSR count). The quantitative estimate of drug-likeness (QED) is 0.129. The fourth-order valence-electron chi connectivity index (χ4n) is 22.1. The summed E-state index contributed by atoms with van der Waals surface area (Å²) < 4.78 is 14.6. The van der Waals surface area contributed by atoms with Gasteiger partial charge >= 0.3 is 0 Å². The number of hydrogen-bond acceptors (Lipinski definition) is 0. The Labute approximate surface area is 771 Å². The minimum absolute atomic E-state index is 1.17. The van der Waals surface area contributed by atoms with Crippen molar-refractivity contribution in [2.45, 2.75) is 0 Å². The van der Waals surface area contributed by atoms with Gasteiger partial charge in [0.2, 0.25) is 0 Å². The van der Waals surface area contributed by atoms with Gasteiger partial charge in [0.25, 0.3) is 0 Å². The Morgan fingerprint density at radius 1 is 0.112 bits per heavy atom. The second kappa shape index (κ2) is 31.0. The molecule has 0 spiro atoms. The third-order valence-electron chi connectivity index (χ3n) is 28.0. The highest BCUT2D eigenvalue weighted by Gasteiger charge is 2.26. The van der Waals surface area contributed by atoms with Gasteiger partial charge in [-0.15, -0.1) is 0 Å². The Kier molecular flexibility index (Phi) is 17.6. The minimum Gasteiger partial charge on any atom is -0.309 e. The molecule has 0 saturated carbocycles. The maximum absolute atomic E-state index is 2.51. The Bertz CT molecular complexity index is 9860. The molecule has 0 N–H and O–H groups in total. The lowest BCUT2D eigenvalue weighted by molar-refractivity contribution is 1.18. The number of aromatic nitrogens is 6. The molecule has 6 aromatic heterocycles. The summed E-state index contributed by atoms with van der Waals surface area (Å²) in [6.07, 6.45) is 0. The van der Waals surface area contributed by atoms with E-state index in [0.29, 0.717) is 0 Å². The standard InChI is InChI=1S/2C44H28N2.C40H26N2/c1-3-12-31-26-34(23-20-29(31)10-1)45-41-18-7-5-14-37(41)39-25-22-33(28-43(39)45)36-16-9-17-40-38-15-6-8-19-42(38)46(44(36)40)35-24-21-30-11-2-4-13-32(30)27-35;1-2-14-31(15-3-1)45-40-23-10-8-19-36(40)38-26-25-30(28-42(38)45)33-21-12-22-39-37-20-9-11-24-41(37)46(44(33)39)43-27-29-13-4-5-16-32(29)34-17-6-7-18-35(34)43;1-2-13-30(14-3-1)42-38-20-9-7-16-34(38)36-18-10-17-32(40(36)42)29-22-24-35-33-15-6-8-19-37(33)41(39(35)26-29)31-23-21-27-11-4-5-12-28(27)25-31/h2*1-28H;1-26H. The molecule has 0 aliphatic carbocycles. The number of nitrogens with zero attached hydrogens (tertiary/aromatic N) is 6. The van der Waals surface area contributed by atoms with Crippen molar-refractivity contribution < 1.29 is 0 Å². The first-order chi connectivity index (χ1) is 66.5. The van der Waals surface area contributed by atoms with Crippen LogP contribution in [0.2, 0.25) is 0 Å². The summed E-state index contributed by atoms with van der Waals surface area (Å²) >= 11 is 0. The molecular formula is C128H82N6. The molecule has 0 amide bonds. The average Bonchev–Trinajstić information content (AvgIpc) is 1.55. The van der Waals surface area contributed by atoms with E-state index in [1.165, 1.54) is 252 Å². The summed E-state index contributed by atoms with van der Waals surface area (Å²) in [4.78, 5) is 0. The molecule has 6 heterocycles. The molecule has 29 aromatic rings. The van der Waals surface area contributed by atoms with Crippen LogP contribution in [0.5, 0.6) is 0 Å². The Morgan fingerprint density at radius 3 is 0.754 bits per heavy atom. The van der Waals surface area contributed by atoms with E-state index in [2.05, 4.69) is 525 Å². The van der Waals surface area contributed by atoms with Crippen LogP contribution >= 0.6 is 0 Å². The maximum atomic E-state index is 2.51. The average molecular weight is 1700 g/mol. The third kappa shape index (κ3) is 12.1. The number of hydrogen-bond donors (Lipinski definition) is 0. The van der Waals surface area contributed by atoms with E-state index in [0.717, 1.165) is 0 Å². The molecule has 0 aliphatic rings. The van der Waals surface area contributed by atoms with Gasteiger partial charge in [0.1, 0.15) is 0 Å². The molecule has 0 aliphatic heterocycles. The molecule has 0 radical (unpaired) electrons. The lowest BCUT2D eigenvalue weighted by Gasteiger charge is -2.16. The van der Waals surface area contributed by atoms with Crippen LogP contribution in [0.4, 0.5) is 0 Å². The van der Waals surface area contributed by atoms with E-state index in [1.807, 2.05) is 0 Å². The summed E-state index contributed by atoms with van der Waals surface area (Å²) in [5, 5.41) is 27.7. The first-order valence-corrected chi connectivity index (χ1v) is 46.2. The van der Waals surface area contributed by atoms with Crippen molar-refractivity contribution in [3.05, 3.63) is 497 Å². The summed E-state index contributed by atoms with van der Waals surface area (Å²) in [5.41, 5.74) is 29.0. The third-order valence-corrected chi connectivity index (χ3v) is 28.0. The molecule has 6 nitrogen and oxygen atoms in total. The van der Waals surface area contributed by atoms with Crippen LogP contribution in [0.25, 0.3) is 252 Å². The van der Waals surface area contributed by atoms with Crippen LogP contribution in [0.3, 0.4) is 0 Å². The zero-order valence-corrected chi connectivity index (χ0v) is 73.0. The summed E-state index contributed by atoms with van der Waals surface area (Å²) in [5.74, 6) is 0. The topological polar surface area (TPSA) is 29.6 Å². The van der Waals surface area contributed by atoms with Crippen molar-refractivity contribution in [3.8, 4) is 67.5 Å². The van der Waals surface area contributed by atoms with E-state index in [4.69, 9.17) is 0 Å². The first kappa shape index (κ1) is 76.2. The molecule has 0 bridgehead atoms. The Morgan fingerprint density at radius 2 is 0.366 bits per heavy atom. The van der Waals surface area contributed by atoms with Gasteiger partial charge in [-0.25, -0.2) is 0 Å². The molecule has 0 unspecified atom stereocenters. The van der Waals surface area contributed by atoms with Crippen LogP contribution in [0.1, 0.15) is 0 Å². The predicted molar refractivity (Wildman–Crippen MR) is 569 cm³/mol. The van der Waals surface area contributed by atoms with Gasteiger partial charge in [-0.05, 0) is 186 Å². The SMILES string of the molecule is c1ccc(-n2c3ccccc3c3ccc(-c4cccc5c6ccccc6n(-c6cc7ccccc7c7ccccc67)c45)cc32)cc1.c1ccc(-n2c3ccccc3c3cccc(-c4ccc5c6ccccc6n(-c6ccc7ccccc7c6)c5c4)c32)cc1.c1ccc2cc(-n3c4ccccc4c4ccc(-c5cccc6c7ccccc7n(-c7ccc8ccccc8c7)c56)cc43)ccc2c1. The van der Waals surface area contributed by atoms with Gasteiger partial charge in [-0.2, -0.15) is 0 Å². The van der Waals surface area contributed by atoms with Crippen LogP contribution in [-0.2, 0) is 0 Å². The molecule has 0 saturated heterocycles. The minimum atomic E-state index is 1.17. The predicted octanol–water partition coefficient (Wildman–Crippen LogP) is 34.4. The number of rotatable bonds is 9.